The average Bonchev–Trinajstić information content (AvgIpc) is 3.21. The van der Waals surface area contributed by atoms with E-state index < -0.39 is 5.60 Å². The van der Waals surface area contributed by atoms with Crippen LogP contribution in [0.15, 0.2) is 33.7 Å². The summed E-state index contributed by atoms with van der Waals surface area (Å²) in [6.07, 6.45) is 3.94. The lowest BCUT2D eigenvalue weighted by molar-refractivity contribution is 0.00559. The van der Waals surface area contributed by atoms with Gasteiger partial charge in [0.05, 0.1) is 0 Å². The standard InChI is InChI=1S/C17H23NOS2/c1-14(11-18-7-3-2-4-8-18)17(19,15-5-9-20-12-15)16-6-10-21-13-16/h5-6,9-10,12-14,19H,2-4,7-8,11H2,1H3. The summed E-state index contributed by atoms with van der Waals surface area (Å²) in [4.78, 5) is 2.51. The third-order valence-electron chi connectivity index (χ3n) is 4.62. The monoisotopic (exact) mass is 321 g/mol. The Labute approximate surface area is 135 Å². The van der Waals surface area contributed by atoms with Crippen molar-refractivity contribution < 1.29 is 5.11 Å². The molecule has 1 fully saturated rings. The van der Waals surface area contributed by atoms with Crippen molar-refractivity contribution in [3.63, 3.8) is 0 Å². The molecule has 3 heterocycles. The maximum atomic E-state index is 11.5. The zero-order chi connectivity index (χ0) is 14.7. The summed E-state index contributed by atoms with van der Waals surface area (Å²) in [5.41, 5.74) is 1.21. The van der Waals surface area contributed by atoms with Gasteiger partial charge in [-0.2, -0.15) is 22.7 Å². The van der Waals surface area contributed by atoms with Gasteiger partial charge in [-0.05, 0) is 70.7 Å². The normalized spacial score (nSPS) is 18.8. The van der Waals surface area contributed by atoms with E-state index in [1.807, 2.05) is 0 Å². The summed E-state index contributed by atoms with van der Waals surface area (Å²) < 4.78 is 0. The minimum atomic E-state index is -0.864. The molecular formula is C17H23NOS2. The maximum Gasteiger partial charge on any atom is 0.120 e. The summed E-state index contributed by atoms with van der Waals surface area (Å²) in [5, 5.41) is 19.8. The largest absolute Gasteiger partial charge is 0.380 e. The average molecular weight is 322 g/mol. The van der Waals surface area contributed by atoms with Crippen LogP contribution in [-0.2, 0) is 5.60 Å². The molecule has 0 spiro atoms. The van der Waals surface area contributed by atoms with Gasteiger partial charge >= 0.3 is 0 Å². The van der Waals surface area contributed by atoms with Gasteiger partial charge in [0.15, 0.2) is 0 Å². The van der Waals surface area contributed by atoms with Crippen LogP contribution in [0.1, 0.15) is 37.3 Å². The minimum absolute atomic E-state index is 0.180. The Morgan fingerprint density at radius 1 is 1.10 bits per heavy atom. The van der Waals surface area contributed by atoms with Gasteiger partial charge in [-0.15, -0.1) is 0 Å². The number of piperidine rings is 1. The molecule has 0 aliphatic carbocycles. The fourth-order valence-corrected chi connectivity index (χ4v) is 4.78. The van der Waals surface area contributed by atoms with E-state index in [-0.39, 0.29) is 5.92 Å². The van der Waals surface area contributed by atoms with Crippen molar-refractivity contribution in [2.75, 3.05) is 19.6 Å². The number of nitrogens with zero attached hydrogens (tertiary/aromatic N) is 1. The van der Waals surface area contributed by atoms with E-state index in [4.69, 9.17) is 0 Å². The van der Waals surface area contributed by atoms with Crippen LogP contribution in [0.5, 0.6) is 0 Å². The van der Waals surface area contributed by atoms with E-state index >= 15 is 0 Å². The van der Waals surface area contributed by atoms with Gasteiger partial charge < -0.3 is 10.0 Å². The van der Waals surface area contributed by atoms with Gasteiger partial charge in [-0.1, -0.05) is 13.3 Å². The first-order chi connectivity index (χ1) is 10.2. The Morgan fingerprint density at radius 2 is 1.67 bits per heavy atom. The summed E-state index contributed by atoms with van der Waals surface area (Å²) in [6, 6.07) is 4.13. The van der Waals surface area contributed by atoms with E-state index in [0.29, 0.717) is 0 Å². The molecule has 114 valence electrons. The lowest BCUT2D eigenvalue weighted by atomic mass is 9.78. The topological polar surface area (TPSA) is 23.5 Å². The van der Waals surface area contributed by atoms with Crippen LogP contribution >= 0.6 is 22.7 Å². The summed E-state index contributed by atoms with van der Waals surface area (Å²) in [6.45, 7) is 5.49. The molecule has 2 aromatic heterocycles. The molecule has 0 aromatic carbocycles. The molecule has 1 saturated heterocycles. The summed E-state index contributed by atoms with van der Waals surface area (Å²) >= 11 is 3.31. The van der Waals surface area contributed by atoms with Crippen molar-refractivity contribution in [2.24, 2.45) is 5.92 Å². The fourth-order valence-electron chi connectivity index (χ4n) is 3.36. The number of thiophene rings is 2. The number of rotatable bonds is 5. The lowest BCUT2D eigenvalue weighted by Gasteiger charge is -2.38. The second-order valence-corrected chi connectivity index (χ2v) is 7.61. The molecule has 0 bridgehead atoms. The second kappa shape index (κ2) is 6.61. The first kappa shape index (κ1) is 15.2. The SMILES string of the molecule is CC(CN1CCCCC1)C(O)(c1ccsc1)c1ccsc1. The predicted octanol–water partition coefficient (Wildman–Crippen LogP) is 4.17. The van der Waals surface area contributed by atoms with Gasteiger partial charge in [0.25, 0.3) is 0 Å². The van der Waals surface area contributed by atoms with Crippen molar-refractivity contribution in [1.29, 1.82) is 0 Å². The van der Waals surface area contributed by atoms with Crippen molar-refractivity contribution in [3.05, 3.63) is 44.8 Å². The van der Waals surface area contributed by atoms with Crippen LogP contribution < -0.4 is 0 Å². The highest BCUT2D eigenvalue weighted by molar-refractivity contribution is 7.08. The Balaban J connectivity index is 1.85. The number of hydrogen-bond acceptors (Lipinski definition) is 4. The highest BCUT2D eigenvalue weighted by Crippen LogP contribution is 2.39. The molecule has 1 aliphatic rings. The molecule has 2 nitrogen and oxygen atoms in total. The van der Waals surface area contributed by atoms with Crippen LogP contribution in [-0.4, -0.2) is 29.6 Å². The third kappa shape index (κ3) is 3.09. The van der Waals surface area contributed by atoms with E-state index in [1.54, 1.807) is 22.7 Å². The number of hydrogen-bond donors (Lipinski definition) is 1. The smallest absolute Gasteiger partial charge is 0.120 e. The van der Waals surface area contributed by atoms with E-state index in [0.717, 1.165) is 17.7 Å². The Morgan fingerprint density at radius 3 is 2.14 bits per heavy atom. The van der Waals surface area contributed by atoms with Gasteiger partial charge in [0, 0.05) is 12.5 Å². The molecule has 4 heteroatoms. The Kier molecular flexibility index (Phi) is 4.79. The van der Waals surface area contributed by atoms with Gasteiger partial charge in [-0.25, -0.2) is 0 Å². The number of aliphatic hydroxyl groups is 1. The fraction of sp³-hybridized carbons (Fsp3) is 0.529. The molecule has 21 heavy (non-hydrogen) atoms. The van der Waals surface area contributed by atoms with Crippen LogP contribution in [0.25, 0.3) is 0 Å². The van der Waals surface area contributed by atoms with Crippen molar-refractivity contribution >= 4 is 22.7 Å². The second-order valence-electron chi connectivity index (χ2n) is 6.05. The molecule has 1 atom stereocenters. The Hall–Kier alpha value is -0.680. The molecule has 3 rings (SSSR count). The molecular weight excluding hydrogens is 298 g/mol. The maximum absolute atomic E-state index is 11.5. The molecule has 0 saturated carbocycles. The van der Waals surface area contributed by atoms with Crippen molar-refractivity contribution in [1.82, 2.24) is 4.90 Å². The molecule has 1 aliphatic heterocycles. The van der Waals surface area contributed by atoms with Crippen molar-refractivity contribution in [2.45, 2.75) is 31.8 Å². The van der Waals surface area contributed by atoms with Crippen LogP contribution in [0, 0.1) is 5.92 Å². The first-order valence-corrected chi connectivity index (χ1v) is 9.60. The first-order valence-electron chi connectivity index (χ1n) is 7.71. The third-order valence-corrected chi connectivity index (χ3v) is 5.98. The molecule has 0 radical (unpaired) electrons. The van der Waals surface area contributed by atoms with Gasteiger partial charge in [0.1, 0.15) is 5.60 Å². The van der Waals surface area contributed by atoms with Gasteiger partial charge in [-0.3, -0.25) is 0 Å². The van der Waals surface area contributed by atoms with E-state index in [2.05, 4.69) is 45.5 Å². The molecule has 1 N–H and O–H groups in total. The van der Waals surface area contributed by atoms with Crippen LogP contribution in [0.4, 0.5) is 0 Å². The minimum Gasteiger partial charge on any atom is -0.380 e. The predicted molar refractivity (Wildman–Crippen MR) is 91.1 cm³/mol. The van der Waals surface area contributed by atoms with Gasteiger partial charge in [0.2, 0.25) is 0 Å². The van der Waals surface area contributed by atoms with Crippen LogP contribution in [0.2, 0.25) is 0 Å². The van der Waals surface area contributed by atoms with Crippen LogP contribution in [0.3, 0.4) is 0 Å². The Bertz CT molecular complexity index is 495. The number of likely N-dealkylation sites (tertiary alicyclic amines) is 1. The highest BCUT2D eigenvalue weighted by Gasteiger charge is 2.39. The highest BCUT2D eigenvalue weighted by atomic mass is 32.1. The van der Waals surface area contributed by atoms with E-state index in [1.165, 1.54) is 32.4 Å². The zero-order valence-corrected chi connectivity index (χ0v) is 14.1. The van der Waals surface area contributed by atoms with E-state index in [9.17, 15) is 5.11 Å². The van der Waals surface area contributed by atoms with Crippen molar-refractivity contribution in [3.8, 4) is 0 Å². The zero-order valence-electron chi connectivity index (χ0n) is 12.5. The molecule has 2 aromatic rings. The quantitative estimate of drug-likeness (QED) is 0.893. The molecule has 0 amide bonds. The molecule has 1 unspecified atom stereocenters. The summed E-state index contributed by atoms with van der Waals surface area (Å²) in [5.74, 6) is 0.180. The lowest BCUT2D eigenvalue weighted by Crippen LogP contribution is -2.43. The summed E-state index contributed by atoms with van der Waals surface area (Å²) in [7, 11) is 0.